The minimum Gasteiger partial charge on any atom is -0.465 e. The number of amides is 2. The fourth-order valence-corrected chi connectivity index (χ4v) is 2.30. The summed E-state index contributed by atoms with van der Waals surface area (Å²) in [5.41, 5.74) is 0. The predicted octanol–water partition coefficient (Wildman–Crippen LogP) is 1.91. The Morgan fingerprint density at radius 1 is 1.22 bits per heavy atom. The lowest BCUT2D eigenvalue weighted by atomic mass is 10.1. The van der Waals surface area contributed by atoms with Gasteiger partial charge in [0.15, 0.2) is 0 Å². The number of hydrogen-bond donors (Lipinski definition) is 1. The number of nitrogens with zero attached hydrogens (tertiary/aromatic N) is 1. The van der Waals surface area contributed by atoms with Crippen molar-refractivity contribution in [1.82, 2.24) is 10.2 Å². The highest BCUT2D eigenvalue weighted by Gasteiger charge is 2.21. The molecule has 1 rings (SSSR count). The van der Waals surface area contributed by atoms with Gasteiger partial charge in [-0.25, -0.2) is 4.79 Å². The fourth-order valence-electron chi connectivity index (χ4n) is 2.30. The molecule has 1 N–H and O–H groups in total. The van der Waals surface area contributed by atoms with Crippen LogP contribution in [0.25, 0.3) is 0 Å². The van der Waals surface area contributed by atoms with Gasteiger partial charge in [-0.3, -0.25) is 4.79 Å². The van der Waals surface area contributed by atoms with Gasteiger partial charge < -0.3 is 15.0 Å². The van der Waals surface area contributed by atoms with Gasteiger partial charge >= 0.3 is 12.0 Å². The van der Waals surface area contributed by atoms with Crippen LogP contribution in [0.5, 0.6) is 0 Å². The smallest absolute Gasteiger partial charge is 0.325 e. The number of rotatable bonds is 4. The van der Waals surface area contributed by atoms with E-state index in [4.69, 9.17) is 4.74 Å². The summed E-state index contributed by atoms with van der Waals surface area (Å²) < 4.78 is 4.77. The van der Waals surface area contributed by atoms with Crippen LogP contribution < -0.4 is 5.32 Å². The van der Waals surface area contributed by atoms with E-state index in [0.29, 0.717) is 12.6 Å². The van der Waals surface area contributed by atoms with E-state index in [1.54, 1.807) is 18.9 Å². The predicted molar refractivity (Wildman–Crippen MR) is 69.3 cm³/mol. The molecule has 0 spiro atoms. The SMILES string of the molecule is CCOC(=O)CNC(=O)N(C)C1CCCCCC1. The van der Waals surface area contributed by atoms with E-state index in [-0.39, 0.29) is 18.5 Å². The zero-order chi connectivity index (χ0) is 13.4. The van der Waals surface area contributed by atoms with Gasteiger partial charge in [0.2, 0.25) is 0 Å². The van der Waals surface area contributed by atoms with Crippen LogP contribution in [0.15, 0.2) is 0 Å². The molecular formula is C13H24N2O3. The molecule has 18 heavy (non-hydrogen) atoms. The van der Waals surface area contributed by atoms with Crippen molar-refractivity contribution < 1.29 is 14.3 Å². The van der Waals surface area contributed by atoms with Gasteiger partial charge in [-0.1, -0.05) is 25.7 Å². The van der Waals surface area contributed by atoms with Gasteiger partial charge in [0, 0.05) is 13.1 Å². The van der Waals surface area contributed by atoms with Crippen LogP contribution in [0.2, 0.25) is 0 Å². The summed E-state index contributed by atoms with van der Waals surface area (Å²) in [6, 6.07) is 0.115. The first-order valence-electron chi connectivity index (χ1n) is 6.81. The maximum Gasteiger partial charge on any atom is 0.325 e. The van der Waals surface area contributed by atoms with E-state index in [9.17, 15) is 9.59 Å². The van der Waals surface area contributed by atoms with Gasteiger partial charge in [0.1, 0.15) is 6.54 Å². The highest BCUT2D eigenvalue weighted by Crippen LogP contribution is 2.20. The number of nitrogens with one attached hydrogen (secondary N) is 1. The summed E-state index contributed by atoms with van der Waals surface area (Å²) in [4.78, 5) is 24.7. The van der Waals surface area contributed by atoms with E-state index in [2.05, 4.69) is 5.32 Å². The van der Waals surface area contributed by atoms with Crippen LogP contribution in [0.3, 0.4) is 0 Å². The van der Waals surface area contributed by atoms with Gasteiger partial charge in [0.25, 0.3) is 0 Å². The highest BCUT2D eigenvalue weighted by atomic mass is 16.5. The number of hydrogen-bond acceptors (Lipinski definition) is 3. The second-order valence-electron chi connectivity index (χ2n) is 4.72. The molecule has 0 aromatic carbocycles. The van der Waals surface area contributed by atoms with Gasteiger partial charge in [-0.05, 0) is 19.8 Å². The van der Waals surface area contributed by atoms with Crippen LogP contribution in [0, 0.1) is 0 Å². The quantitative estimate of drug-likeness (QED) is 0.617. The molecule has 0 radical (unpaired) electrons. The van der Waals surface area contributed by atoms with Crippen LogP contribution in [0.1, 0.15) is 45.4 Å². The lowest BCUT2D eigenvalue weighted by Gasteiger charge is -2.27. The van der Waals surface area contributed by atoms with Crippen LogP contribution in [-0.2, 0) is 9.53 Å². The number of urea groups is 1. The lowest BCUT2D eigenvalue weighted by molar-refractivity contribution is -0.141. The van der Waals surface area contributed by atoms with Crippen molar-refractivity contribution in [3.63, 3.8) is 0 Å². The molecule has 0 unspecified atom stereocenters. The topological polar surface area (TPSA) is 58.6 Å². The molecule has 1 aliphatic rings. The summed E-state index contributed by atoms with van der Waals surface area (Å²) in [7, 11) is 1.80. The Kier molecular flexibility index (Phi) is 6.54. The zero-order valence-corrected chi connectivity index (χ0v) is 11.4. The molecule has 0 aromatic heterocycles. The van der Waals surface area contributed by atoms with Crippen LogP contribution >= 0.6 is 0 Å². The van der Waals surface area contributed by atoms with Crippen molar-refractivity contribution >= 4 is 12.0 Å². The Morgan fingerprint density at radius 2 is 1.83 bits per heavy atom. The maximum atomic E-state index is 11.9. The number of carbonyl (C=O) groups is 2. The molecular weight excluding hydrogens is 232 g/mol. The van der Waals surface area contributed by atoms with Crippen molar-refractivity contribution in [2.75, 3.05) is 20.2 Å². The molecule has 0 saturated heterocycles. The third-order valence-electron chi connectivity index (χ3n) is 3.38. The second kappa shape index (κ2) is 7.95. The van der Waals surface area contributed by atoms with E-state index < -0.39 is 0 Å². The summed E-state index contributed by atoms with van der Waals surface area (Å²) in [5.74, 6) is -0.389. The van der Waals surface area contributed by atoms with E-state index >= 15 is 0 Å². The first-order chi connectivity index (χ1) is 8.65. The molecule has 5 heteroatoms. The molecule has 0 aromatic rings. The second-order valence-corrected chi connectivity index (χ2v) is 4.72. The van der Waals surface area contributed by atoms with Gasteiger partial charge in [-0.2, -0.15) is 0 Å². The summed E-state index contributed by atoms with van der Waals surface area (Å²) >= 11 is 0. The maximum absolute atomic E-state index is 11.9. The Labute approximate surface area is 109 Å². The normalized spacial score (nSPS) is 16.8. The number of carbonyl (C=O) groups excluding carboxylic acids is 2. The molecule has 1 fully saturated rings. The van der Waals surface area contributed by atoms with Crippen molar-refractivity contribution in [2.45, 2.75) is 51.5 Å². The lowest BCUT2D eigenvalue weighted by Crippen LogP contribution is -2.45. The minimum absolute atomic E-state index is 0.0519. The Morgan fingerprint density at radius 3 is 2.39 bits per heavy atom. The Hall–Kier alpha value is -1.26. The molecule has 0 aliphatic heterocycles. The van der Waals surface area contributed by atoms with Gasteiger partial charge in [0.05, 0.1) is 6.61 Å². The van der Waals surface area contributed by atoms with Crippen molar-refractivity contribution in [3.05, 3.63) is 0 Å². The van der Waals surface area contributed by atoms with Gasteiger partial charge in [-0.15, -0.1) is 0 Å². The van der Waals surface area contributed by atoms with Crippen molar-refractivity contribution in [2.24, 2.45) is 0 Å². The number of esters is 1. The Bertz CT molecular complexity index is 273. The van der Waals surface area contributed by atoms with Crippen LogP contribution in [-0.4, -0.2) is 43.1 Å². The first kappa shape index (κ1) is 14.8. The standard InChI is InChI=1S/C13H24N2O3/c1-3-18-12(16)10-14-13(17)15(2)11-8-6-4-5-7-9-11/h11H,3-10H2,1-2H3,(H,14,17). The molecule has 104 valence electrons. The monoisotopic (exact) mass is 256 g/mol. The van der Waals surface area contributed by atoms with E-state index in [1.807, 2.05) is 0 Å². The number of ether oxygens (including phenoxy) is 1. The van der Waals surface area contributed by atoms with E-state index in [1.165, 1.54) is 25.7 Å². The molecule has 0 heterocycles. The third-order valence-corrected chi connectivity index (χ3v) is 3.38. The molecule has 0 bridgehead atoms. The largest absolute Gasteiger partial charge is 0.465 e. The molecule has 1 aliphatic carbocycles. The van der Waals surface area contributed by atoms with Crippen molar-refractivity contribution in [3.8, 4) is 0 Å². The third kappa shape index (κ3) is 4.94. The average Bonchev–Trinajstić information content (AvgIpc) is 2.64. The highest BCUT2D eigenvalue weighted by molar-refractivity contribution is 5.80. The van der Waals surface area contributed by atoms with Crippen LogP contribution in [0.4, 0.5) is 4.79 Å². The fraction of sp³-hybridized carbons (Fsp3) is 0.846. The molecule has 5 nitrogen and oxygen atoms in total. The Balaban J connectivity index is 2.33. The minimum atomic E-state index is -0.389. The zero-order valence-electron chi connectivity index (χ0n) is 11.4. The molecule has 0 atom stereocenters. The first-order valence-corrected chi connectivity index (χ1v) is 6.81. The molecule has 2 amide bonds. The van der Waals surface area contributed by atoms with E-state index in [0.717, 1.165) is 12.8 Å². The summed E-state index contributed by atoms with van der Waals surface area (Å²) in [6.07, 6.45) is 7.00. The van der Waals surface area contributed by atoms with Crippen molar-refractivity contribution in [1.29, 1.82) is 0 Å². The summed E-state index contributed by atoms with van der Waals surface area (Å²) in [5, 5.41) is 2.60. The summed E-state index contributed by atoms with van der Waals surface area (Å²) in [6.45, 7) is 2.04. The average molecular weight is 256 g/mol. The molecule has 1 saturated carbocycles.